The number of carbonyl (C=O) groups excluding carboxylic acids is 1. The third-order valence-corrected chi connectivity index (χ3v) is 2.53. The number of halogens is 1. The van der Waals surface area contributed by atoms with E-state index in [9.17, 15) is 4.79 Å². The van der Waals surface area contributed by atoms with E-state index in [-0.39, 0.29) is 5.97 Å². The summed E-state index contributed by atoms with van der Waals surface area (Å²) in [5.74, 6) is 0.377. The zero-order chi connectivity index (χ0) is 12.7. The summed E-state index contributed by atoms with van der Waals surface area (Å²) in [5, 5.41) is 0. The average Bonchev–Trinajstić information content (AvgIpc) is 2.34. The molecule has 0 saturated carbocycles. The van der Waals surface area contributed by atoms with E-state index in [0.29, 0.717) is 6.61 Å². The number of ether oxygens (including phenoxy) is 2. The van der Waals surface area contributed by atoms with E-state index in [0.717, 1.165) is 22.2 Å². The Hall–Kier alpha value is -1.29. The van der Waals surface area contributed by atoms with Crippen molar-refractivity contribution in [1.82, 2.24) is 0 Å². The molecule has 0 fully saturated rings. The average molecular weight is 299 g/mol. The summed E-state index contributed by atoms with van der Waals surface area (Å²) in [6.07, 6.45) is 4.00. The molecule has 1 rings (SSSR count). The predicted molar refractivity (Wildman–Crippen MR) is 71.0 cm³/mol. The summed E-state index contributed by atoms with van der Waals surface area (Å²) in [7, 11) is 1.35. The van der Waals surface area contributed by atoms with Crippen LogP contribution in [0.3, 0.4) is 0 Å². The summed E-state index contributed by atoms with van der Waals surface area (Å²) in [5.41, 5.74) is 0.846. The molecule has 0 aliphatic heterocycles. The van der Waals surface area contributed by atoms with Crippen molar-refractivity contribution in [3.63, 3.8) is 0 Å². The SMILES string of the molecule is CCCOc1ccc(Br)cc1C=CC(=O)OC. The smallest absolute Gasteiger partial charge is 0.330 e. The van der Waals surface area contributed by atoms with Crippen molar-refractivity contribution < 1.29 is 14.3 Å². The molecule has 0 aromatic heterocycles. The second-order valence-electron chi connectivity index (χ2n) is 3.39. The molecule has 1 aromatic carbocycles. The van der Waals surface area contributed by atoms with Crippen LogP contribution in [-0.4, -0.2) is 19.7 Å². The van der Waals surface area contributed by atoms with E-state index >= 15 is 0 Å². The van der Waals surface area contributed by atoms with Crippen LogP contribution in [0.1, 0.15) is 18.9 Å². The van der Waals surface area contributed by atoms with Gasteiger partial charge in [-0.25, -0.2) is 4.79 Å². The Morgan fingerprint density at radius 1 is 1.47 bits per heavy atom. The van der Waals surface area contributed by atoms with Gasteiger partial charge >= 0.3 is 5.97 Å². The first-order chi connectivity index (χ1) is 8.17. The van der Waals surface area contributed by atoms with Crippen LogP contribution in [0.25, 0.3) is 6.08 Å². The van der Waals surface area contributed by atoms with E-state index in [1.54, 1.807) is 6.08 Å². The van der Waals surface area contributed by atoms with Gasteiger partial charge in [0.05, 0.1) is 13.7 Å². The molecule has 0 bridgehead atoms. The second kappa shape index (κ2) is 7.12. The Labute approximate surface area is 110 Å². The van der Waals surface area contributed by atoms with Crippen molar-refractivity contribution in [2.75, 3.05) is 13.7 Å². The summed E-state index contributed by atoms with van der Waals surface area (Å²) in [6.45, 7) is 2.70. The molecule has 0 spiro atoms. The van der Waals surface area contributed by atoms with Gasteiger partial charge in [0.2, 0.25) is 0 Å². The molecule has 0 heterocycles. The Kier molecular flexibility index (Phi) is 5.77. The molecule has 0 aliphatic rings. The van der Waals surface area contributed by atoms with Gasteiger partial charge in [-0.05, 0) is 30.7 Å². The van der Waals surface area contributed by atoms with Crippen LogP contribution in [-0.2, 0) is 9.53 Å². The lowest BCUT2D eigenvalue weighted by Crippen LogP contribution is -1.97. The largest absolute Gasteiger partial charge is 0.493 e. The Balaban J connectivity index is 2.90. The fourth-order valence-electron chi connectivity index (χ4n) is 1.22. The maximum atomic E-state index is 11.0. The third-order valence-electron chi connectivity index (χ3n) is 2.03. The second-order valence-corrected chi connectivity index (χ2v) is 4.30. The van der Waals surface area contributed by atoms with Crippen LogP contribution >= 0.6 is 15.9 Å². The van der Waals surface area contributed by atoms with Gasteiger partial charge in [-0.1, -0.05) is 22.9 Å². The first-order valence-electron chi connectivity index (χ1n) is 5.35. The van der Waals surface area contributed by atoms with Gasteiger partial charge in [0.25, 0.3) is 0 Å². The van der Waals surface area contributed by atoms with Crippen molar-refractivity contribution in [1.29, 1.82) is 0 Å². The number of methoxy groups -OCH3 is 1. The van der Waals surface area contributed by atoms with Crippen LogP contribution in [0, 0.1) is 0 Å². The predicted octanol–water partition coefficient (Wildman–Crippen LogP) is 3.42. The monoisotopic (exact) mass is 298 g/mol. The fourth-order valence-corrected chi connectivity index (χ4v) is 1.60. The maximum Gasteiger partial charge on any atom is 0.330 e. The maximum absolute atomic E-state index is 11.0. The molecule has 0 aliphatic carbocycles. The van der Waals surface area contributed by atoms with Crippen LogP contribution in [0.5, 0.6) is 5.75 Å². The van der Waals surface area contributed by atoms with Crippen molar-refractivity contribution in [3.8, 4) is 5.75 Å². The van der Waals surface area contributed by atoms with Crippen LogP contribution in [0.2, 0.25) is 0 Å². The molecule has 17 heavy (non-hydrogen) atoms. The summed E-state index contributed by atoms with van der Waals surface area (Å²) < 4.78 is 11.1. The Morgan fingerprint density at radius 3 is 2.88 bits per heavy atom. The van der Waals surface area contributed by atoms with Crippen molar-refractivity contribution in [2.45, 2.75) is 13.3 Å². The van der Waals surface area contributed by atoms with Gasteiger partial charge in [-0.15, -0.1) is 0 Å². The first kappa shape index (κ1) is 13.8. The molecule has 0 radical (unpaired) electrons. The number of esters is 1. The number of hydrogen-bond donors (Lipinski definition) is 0. The van der Waals surface area contributed by atoms with Gasteiger partial charge in [-0.3, -0.25) is 0 Å². The van der Waals surface area contributed by atoms with Gasteiger partial charge in [0.15, 0.2) is 0 Å². The highest BCUT2D eigenvalue weighted by Crippen LogP contribution is 2.24. The van der Waals surface area contributed by atoms with E-state index in [1.807, 2.05) is 25.1 Å². The zero-order valence-corrected chi connectivity index (χ0v) is 11.5. The van der Waals surface area contributed by atoms with E-state index in [4.69, 9.17) is 4.74 Å². The fraction of sp³-hybridized carbons (Fsp3) is 0.308. The molecule has 0 amide bonds. The summed E-state index contributed by atoms with van der Waals surface area (Å²) in [6, 6.07) is 5.67. The van der Waals surface area contributed by atoms with E-state index < -0.39 is 0 Å². The highest BCUT2D eigenvalue weighted by atomic mass is 79.9. The Morgan fingerprint density at radius 2 is 2.24 bits per heavy atom. The molecule has 1 aromatic rings. The molecular weight excluding hydrogens is 284 g/mol. The van der Waals surface area contributed by atoms with Crippen LogP contribution in [0.15, 0.2) is 28.7 Å². The lowest BCUT2D eigenvalue weighted by Gasteiger charge is -2.08. The van der Waals surface area contributed by atoms with E-state index in [1.165, 1.54) is 13.2 Å². The molecule has 3 nitrogen and oxygen atoms in total. The molecular formula is C13H15BrO3. The number of hydrogen-bond acceptors (Lipinski definition) is 3. The molecule has 0 atom stereocenters. The first-order valence-corrected chi connectivity index (χ1v) is 6.15. The summed E-state index contributed by atoms with van der Waals surface area (Å²) in [4.78, 5) is 11.0. The third kappa shape index (κ3) is 4.61. The highest BCUT2D eigenvalue weighted by Gasteiger charge is 2.02. The minimum absolute atomic E-state index is 0.383. The standard InChI is InChI=1S/C13H15BrO3/c1-3-8-17-12-6-5-11(14)9-10(12)4-7-13(15)16-2/h4-7,9H,3,8H2,1-2H3. The van der Waals surface area contributed by atoms with E-state index in [2.05, 4.69) is 20.7 Å². The minimum atomic E-state index is -0.383. The molecule has 0 N–H and O–H groups in total. The number of rotatable bonds is 5. The molecule has 4 heteroatoms. The topological polar surface area (TPSA) is 35.5 Å². The van der Waals surface area contributed by atoms with Crippen LogP contribution in [0.4, 0.5) is 0 Å². The van der Waals surface area contributed by atoms with Crippen molar-refractivity contribution in [2.24, 2.45) is 0 Å². The van der Waals surface area contributed by atoms with Crippen LogP contribution < -0.4 is 4.74 Å². The summed E-state index contributed by atoms with van der Waals surface area (Å²) >= 11 is 3.38. The molecule has 0 unspecified atom stereocenters. The van der Waals surface area contributed by atoms with Gasteiger partial charge in [0.1, 0.15) is 5.75 Å². The normalized spacial score (nSPS) is 10.5. The highest BCUT2D eigenvalue weighted by molar-refractivity contribution is 9.10. The van der Waals surface area contributed by atoms with Gasteiger partial charge < -0.3 is 9.47 Å². The molecule has 0 saturated heterocycles. The zero-order valence-electron chi connectivity index (χ0n) is 9.90. The quantitative estimate of drug-likeness (QED) is 0.617. The van der Waals surface area contributed by atoms with Gasteiger partial charge in [0, 0.05) is 16.1 Å². The number of benzene rings is 1. The van der Waals surface area contributed by atoms with Crippen molar-refractivity contribution in [3.05, 3.63) is 34.3 Å². The van der Waals surface area contributed by atoms with Crippen molar-refractivity contribution >= 4 is 28.0 Å². The van der Waals surface area contributed by atoms with Gasteiger partial charge in [-0.2, -0.15) is 0 Å². The molecule has 92 valence electrons. The lowest BCUT2D eigenvalue weighted by molar-refractivity contribution is -0.134. The lowest BCUT2D eigenvalue weighted by atomic mass is 10.2. The Bertz CT molecular complexity index is 413. The number of carbonyl (C=O) groups is 1. The minimum Gasteiger partial charge on any atom is -0.493 e.